The van der Waals surface area contributed by atoms with E-state index in [9.17, 15) is 9.59 Å². The number of hydrogen-bond acceptors (Lipinski definition) is 4. The van der Waals surface area contributed by atoms with Gasteiger partial charge in [-0.3, -0.25) is 14.5 Å². The van der Waals surface area contributed by atoms with Crippen molar-refractivity contribution < 1.29 is 9.59 Å². The molecule has 148 valence electrons. The minimum absolute atomic E-state index is 0.0201. The molecule has 3 rings (SSSR count). The Morgan fingerprint density at radius 3 is 2.63 bits per heavy atom. The van der Waals surface area contributed by atoms with E-state index in [1.165, 1.54) is 0 Å². The number of amides is 2. The van der Waals surface area contributed by atoms with Gasteiger partial charge in [-0.2, -0.15) is 0 Å². The molecule has 2 aliphatic heterocycles. The van der Waals surface area contributed by atoms with Gasteiger partial charge in [0.1, 0.15) is 0 Å². The SMILES string of the molecule is Cc1cc(C)cc(NC(=O)CN2CCCC(CNC(=O)C3CCCN3)C2)c1. The maximum atomic E-state index is 12.4. The Morgan fingerprint density at radius 2 is 1.93 bits per heavy atom. The second kappa shape index (κ2) is 9.33. The van der Waals surface area contributed by atoms with Gasteiger partial charge in [0.2, 0.25) is 11.8 Å². The Labute approximate surface area is 162 Å². The van der Waals surface area contributed by atoms with Gasteiger partial charge in [-0.25, -0.2) is 0 Å². The number of nitrogens with zero attached hydrogens (tertiary/aromatic N) is 1. The molecule has 2 unspecified atom stereocenters. The maximum Gasteiger partial charge on any atom is 0.238 e. The molecular weight excluding hydrogens is 340 g/mol. The summed E-state index contributed by atoms with van der Waals surface area (Å²) in [7, 11) is 0. The van der Waals surface area contributed by atoms with Crippen LogP contribution in [0.4, 0.5) is 5.69 Å². The molecule has 3 N–H and O–H groups in total. The summed E-state index contributed by atoms with van der Waals surface area (Å²) in [5.74, 6) is 0.565. The van der Waals surface area contributed by atoms with Crippen LogP contribution in [0.1, 0.15) is 36.8 Å². The van der Waals surface area contributed by atoms with E-state index in [1.54, 1.807) is 0 Å². The Balaban J connectivity index is 1.43. The fourth-order valence-corrected chi connectivity index (χ4v) is 4.19. The number of piperidine rings is 1. The minimum Gasteiger partial charge on any atom is -0.354 e. The Bertz CT molecular complexity index is 650. The Kier molecular flexibility index (Phi) is 6.85. The molecule has 0 aromatic heterocycles. The van der Waals surface area contributed by atoms with Crippen LogP contribution in [0.25, 0.3) is 0 Å². The third-order valence-corrected chi connectivity index (χ3v) is 5.42. The first-order valence-corrected chi connectivity index (χ1v) is 10.1. The molecule has 0 aliphatic carbocycles. The van der Waals surface area contributed by atoms with Crippen molar-refractivity contribution in [1.82, 2.24) is 15.5 Å². The first-order valence-electron chi connectivity index (χ1n) is 10.1. The molecule has 6 nitrogen and oxygen atoms in total. The van der Waals surface area contributed by atoms with Gasteiger partial charge in [-0.05, 0) is 81.8 Å². The van der Waals surface area contributed by atoms with Crippen molar-refractivity contribution in [2.24, 2.45) is 5.92 Å². The van der Waals surface area contributed by atoms with Crippen molar-refractivity contribution in [3.63, 3.8) is 0 Å². The molecule has 2 aliphatic rings. The fourth-order valence-electron chi connectivity index (χ4n) is 4.19. The lowest BCUT2D eigenvalue weighted by molar-refractivity contribution is -0.123. The van der Waals surface area contributed by atoms with E-state index in [0.717, 1.165) is 62.1 Å². The van der Waals surface area contributed by atoms with Gasteiger partial charge in [-0.1, -0.05) is 6.07 Å². The molecule has 1 aromatic carbocycles. The topological polar surface area (TPSA) is 73.5 Å². The number of carbonyl (C=O) groups is 2. The van der Waals surface area contributed by atoms with Crippen molar-refractivity contribution in [1.29, 1.82) is 0 Å². The summed E-state index contributed by atoms with van der Waals surface area (Å²) in [5.41, 5.74) is 3.16. The van der Waals surface area contributed by atoms with E-state index in [4.69, 9.17) is 0 Å². The molecule has 2 fully saturated rings. The smallest absolute Gasteiger partial charge is 0.238 e. The van der Waals surface area contributed by atoms with Gasteiger partial charge in [-0.15, -0.1) is 0 Å². The van der Waals surface area contributed by atoms with Crippen LogP contribution in [-0.4, -0.2) is 55.5 Å². The first kappa shape index (κ1) is 19.8. The van der Waals surface area contributed by atoms with Gasteiger partial charge in [0.25, 0.3) is 0 Å². The molecule has 2 amide bonds. The first-order chi connectivity index (χ1) is 13.0. The van der Waals surface area contributed by atoms with Crippen LogP contribution in [0.3, 0.4) is 0 Å². The van der Waals surface area contributed by atoms with Crippen molar-refractivity contribution >= 4 is 17.5 Å². The highest BCUT2D eigenvalue weighted by Gasteiger charge is 2.25. The molecule has 0 bridgehead atoms. The van der Waals surface area contributed by atoms with Crippen molar-refractivity contribution in [3.8, 4) is 0 Å². The third kappa shape index (κ3) is 6.04. The minimum atomic E-state index is -0.0201. The number of carbonyl (C=O) groups excluding carboxylic acids is 2. The number of nitrogens with one attached hydrogen (secondary N) is 3. The van der Waals surface area contributed by atoms with Crippen LogP contribution in [0.15, 0.2) is 18.2 Å². The van der Waals surface area contributed by atoms with Crippen LogP contribution < -0.4 is 16.0 Å². The molecule has 27 heavy (non-hydrogen) atoms. The number of benzene rings is 1. The molecule has 2 saturated heterocycles. The number of rotatable bonds is 6. The molecule has 2 heterocycles. The summed E-state index contributed by atoms with van der Waals surface area (Å²) < 4.78 is 0. The van der Waals surface area contributed by atoms with E-state index < -0.39 is 0 Å². The Hall–Kier alpha value is -1.92. The highest BCUT2D eigenvalue weighted by Crippen LogP contribution is 2.17. The number of likely N-dealkylation sites (tertiary alicyclic amines) is 1. The average Bonchev–Trinajstić information content (AvgIpc) is 3.13. The van der Waals surface area contributed by atoms with Gasteiger partial charge in [0.15, 0.2) is 0 Å². The zero-order valence-electron chi connectivity index (χ0n) is 16.5. The molecule has 0 spiro atoms. The molecule has 6 heteroatoms. The number of aryl methyl sites for hydroxylation is 2. The van der Waals surface area contributed by atoms with Crippen LogP contribution >= 0.6 is 0 Å². The van der Waals surface area contributed by atoms with Crippen LogP contribution in [0, 0.1) is 19.8 Å². The summed E-state index contributed by atoms with van der Waals surface area (Å²) in [6.45, 7) is 7.91. The van der Waals surface area contributed by atoms with E-state index in [0.29, 0.717) is 19.0 Å². The molecule has 2 atom stereocenters. The quantitative estimate of drug-likeness (QED) is 0.712. The predicted molar refractivity (Wildman–Crippen MR) is 108 cm³/mol. The van der Waals surface area contributed by atoms with Gasteiger partial charge in [0, 0.05) is 18.8 Å². The van der Waals surface area contributed by atoms with E-state index >= 15 is 0 Å². The van der Waals surface area contributed by atoms with Crippen molar-refractivity contribution in [2.45, 2.75) is 45.6 Å². The summed E-state index contributed by atoms with van der Waals surface area (Å²) in [5, 5.41) is 9.34. The van der Waals surface area contributed by atoms with Crippen LogP contribution in [0.5, 0.6) is 0 Å². The lowest BCUT2D eigenvalue weighted by Crippen LogP contribution is -2.46. The fraction of sp³-hybridized carbons (Fsp3) is 0.619. The van der Waals surface area contributed by atoms with Crippen LogP contribution in [-0.2, 0) is 9.59 Å². The summed E-state index contributed by atoms with van der Waals surface area (Å²) in [6.07, 6.45) is 4.18. The van der Waals surface area contributed by atoms with E-state index in [2.05, 4.69) is 26.9 Å². The molecular formula is C21H32N4O2. The number of hydrogen-bond donors (Lipinski definition) is 3. The Morgan fingerprint density at radius 1 is 1.15 bits per heavy atom. The second-order valence-corrected chi connectivity index (χ2v) is 8.06. The second-order valence-electron chi connectivity index (χ2n) is 8.06. The third-order valence-electron chi connectivity index (χ3n) is 5.42. The van der Waals surface area contributed by atoms with Gasteiger partial charge >= 0.3 is 0 Å². The van der Waals surface area contributed by atoms with Crippen molar-refractivity contribution in [2.75, 3.05) is 38.0 Å². The summed E-state index contributed by atoms with van der Waals surface area (Å²) in [6, 6.07) is 6.07. The molecule has 0 saturated carbocycles. The highest BCUT2D eigenvalue weighted by atomic mass is 16.2. The predicted octanol–water partition coefficient (Wildman–Crippen LogP) is 1.82. The zero-order chi connectivity index (χ0) is 19.2. The summed E-state index contributed by atoms with van der Waals surface area (Å²) in [4.78, 5) is 26.8. The van der Waals surface area contributed by atoms with E-state index in [1.807, 2.05) is 26.0 Å². The van der Waals surface area contributed by atoms with Crippen molar-refractivity contribution in [3.05, 3.63) is 29.3 Å². The van der Waals surface area contributed by atoms with E-state index in [-0.39, 0.29) is 17.9 Å². The lowest BCUT2D eigenvalue weighted by Gasteiger charge is -2.32. The normalized spacial score (nSPS) is 23.2. The lowest BCUT2D eigenvalue weighted by atomic mass is 9.98. The standard InChI is InChI=1S/C21H32N4O2/c1-15-9-16(2)11-18(10-15)24-20(26)14-25-8-4-5-17(13-25)12-23-21(27)19-6-3-7-22-19/h9-11,17,19,22H,3-8,12-14H2,1-2H3,(H,23,27)(H,24,26). The molecule has 1 aromatic rings. The average molecular weight is 373 g/mol. The largest absolute Gasteiger partial charge is 0.354 e. The maximum absolute atomic E-state index is 12.4. The summed E-state index contributed by atoms with van der Waals surface area (Å²) >= 11 is 0. The molecule has 0 radical (unpaired) electrons. The zero-order valence-corrected chi connectivity index (χ0v) is 16.5. The number of anilines is 1. The monoisotopic (exact) mass is 372 g/mol. The highest BCUT2D eigenvalue weighted by molar-refractivity contribution is 5.92. The van der Waals surface area contributed by atoms with Crippen LogP contribution in [0.2, 0.25) is 0 Å². The van der Waals surface area contributed by atoms with Gasteiger partial charge in [0.05, 0.1) is 12.6 Å². The van der Waals surface area contributed by atoms with Gasteiger partial charge < -0.3 is 16.0 Å².